The van der Waals surface area contributed by atoms with Crippen molar-refractivity contribution < 1.29 is 49.0 Å². The van der Waals surface area contributed by atoms with E-state index in [4.69, 9.17) is 18.9 Å². The minimum atomic E-state index is -1.36. The number of hydrogen-bond acceptors (Lipinski definition) is 10. The topological polar surface area (TPSA) is 152 Å². The van der Waals surface area contributed by atoms with Gasteiger partial charge in [0, 0.05) is 46.5 Å². The lowest BCUT2D eigenvalue weighted by Gasteiger charge is -2.39. The van der Waals surface area contributed by atoms with E-state index in [0.717, 1.165) is 6.07 Å². The van der Waals surface area contributed by atoms with Crippen molar-refractivity contribution in [1.29, 1.82) is 0 Å². The number of aromatic hydroxyl groups is 4. The van der Waals surface area contributed by atoms with Crippen LogP contribution in [0.15, 0.2) is 72.8 Å². The van der Waals surface area contributed by atoms with Crippen LogP contribution in [0.25, 0.3) is 0 Å². The number of ketones is 2. The van der Waals surface area contributed by atoms with E-state index in [1.807, 2.05) is 0 Å². The van der Waals surface area contributed by atoms with E-state index in [1.54, 1.807) is 24.3 Å². The molecule has 42 heavy (non-hydrogen) atoms. The molecular formula is C32H26O10. The van der Waals surface area contributed by atoms with Gasteiger partial charge in [-0.2, -0.15) is 0 Å². The number of carbonyl (C=O) groups excluding carboxylic acids is 2. The molecule has 4 aromatic carbocycles. The van der Waals surface area contributed by atoms with Crippen molar-refractivity contribution in [1.82, 2.24) is 0 Å². The highest BCUT2D eigenvalue weighted by Gasteiger charge is 2.52. The molecule has 2 heterocycles. The number of carbonyl (C=O) groups is 2. The summed E-state index contributed by atoms with van der Waals surface area (Å²) in [6.45, 7) is 0. The molecule has 10 nitrogen and oxygen atoms in total. The Labute approximate surface area is 239 Å². The number of phenolic OH excluding ortho intramolecular Hbond substituents is 4. The van der Waals surface area contributed by atoms with E-state index in [1.165, 1.54) is 56.7 Å². The third-order valence-electron chi connectivity index (χ3n) is 7.62. The van der Waals surface area contributed by atoms with Crippen LogP contribution in [0.3, 0.4) is 0 Å². The molecule has 0 saturated carbocycles. The van der Waals surface area contributed by atoms with Crippen LogP contribution in [0.2, 0.25) is 0 Å². The van der Waals surface area contributed by atoms with Crippen molar-refractivity contribution in [2.75, 3.05) is 14.2 Å². The number of ether oxygens (including phenoxy) is 4. The summed E-state index contributed by atoms with van der Waals surface area (Å²) in [5, 5.41) is 42.2. The number of fused-ring (bicyclic) bond motifs is 2. The van der Waals surface area contributed by atoms with Gasteiger partial charge in [0.2, 0.25) is 0 Å². The Hall–Kier alpha value is -5.38. The smallest absolute Gasteiger partial charge is 0.186 e. The first kappa shape index (κ1) is 26.8. The number of benzene rings is 4. The summed E-state index contributed by atoms with van der Waals surface area (Å²) in [6, 6.07) is 17.6. The Bertz CT molecular complexity index is 1690. The Kier molecular flexibility index (Phi) is 6.53. The second kappa shape index (κ2) is 10.2. The second-order valence-corrected chi connectivity index (χ2v) is 10.1. The normalized spacial score (nSPS) is 21.0. The van der Waals surface area contributed by atoms with Crippen molar-refractivity contribution >= 4 is 11.6 Å². The molecule has 2 aliphatic heterocycles. The Morgan fingerprint density at radius 1 is 0.571 bits per heavy atom. The number of Topliss-reactive ketones (excluding diaryl/α,β-unsaturated/α-hetero) is 2. The van der Waals surface area contributed by atoms with Crippen LogP contribution in [0, 0.1) is 0 Å². The van der Waals surface area contributed by atoms with Crippen LogP contribution < -0.4 is 18.9 Å². The molecule has 4 N–H and O–H groups in total. The van der Waals surface area contributed by atoms with Gasteiger partial charge in [-0.3, -0.25) is 9.59 Å². The fourth-order valence-electron chi connectivity index (χ4n) is 5.66. The number of phenols is 4. The van der Waals surface area contributed by atoms with Crippen molar-refractivity contribution in [3.05, 3.63) is 95.1 Å². The van der Waals surface area contributed by atoms with Crippen LogP contribution >= 0.6 is 0 Å². The van der Waals surface area contributed by atoms with Gasteiger partial charge < -0.3 is 39.4 Å². The van der Waals surface area contributed by atoms with Gasteiger partial charge in [0.05, 0.1) is 26.1 Å². The van der Waals surface area contributed by atoms with E-state index in [0.29, 0.717) is 16.9 Å². The predicted molar refractivity (Wildman–Crippen MR) is 148 cm³/mol. The fraction of sp³-hybridized carbons (Fsp3) is 0.188. The molecule has 0 aromatic heterocycles. The van der Waals surface area contributed by atoms with Crippen LogP contribution in [0.5, 0.6) is 46.0 Å². The molecule has 0 saturated heterocycles. The highest BCUT2D eigenvalue weighted by Crippen LogP contribution is 2.57. The first-order chi connectivity index (χ1) is 20.2. The maximum Gasteiger partial charge on any atom is 0.186 e. The molecule has 4 aromatic rings. The van der Waals surface area contributed by atoms with E-state index in [2.05, 4.69) is 0 Å². The van der Waals surface area contributed by atoms with Gasteiger partial charge in [0.15, 0.2) is 23.8 Å². The zero-order valence-electron chi connectivity index (χ0n) is 22.5. The molecule has 6 rings (SSSR count). The summed E-state index contributed by atoms with van der Waals surface area (Å²) in [7, 11) is 2.93. The molecule has 0 unspecified atom stereocenters. The summed E-state index contributed by atoms with van der Waals surface area (Å²) in [6.07, 6.45) is -2.45. The minimum absolute atomic E-state index is 0.00924. The Morgan fingerprint density at radius 3 is 1.57 bits per heavy atom. The van der Waals surface area contributed by atoms with Crippen molar-refractivity contribution in [2.24, 2.45) is 0 Å². The Morgan fingerprint density at radius 2 is 1.05 bits per heavy atom. The van der Waals surface area contributed by atoms with Crippen LogP contribution in [0.1, 0.15) is 46.3 Å². The molecule has 0 fully saturated rings. The van der Waals surface area contributed by atoms with Crippen LogP contribution in [-0.2, 0) is 9.59 Å². The van der Waals surface area contributed by atoms with Gasteiger partial charge in [0.25, 0.3) is 0 Å². The lowest BCUT2D eigenvalue weighted by atomic mass is 9.70. The largest absolute Gasteiger partial charge is 0.508 e. The van der Waals surface area contributed by atoms with Gasteiger partial charge in [-0.15, -0.1) is 0 Å². The van der Waals surface area contributed by atoms with Crippen LogP contribution in [0.4, 0.5) is 0 Å². The van der Waals surface area contributed by atoms with Gasteiger partial charge in [-0.25, -0.2) is 0 Å². The molecule has 2 aliphatic rings. The maximum atomic E-state index is 14.4. The monoisotopic (exact) mass is 570 g/mol. The SMILES string of the molecule is COc1ccc([C@@H]2Oc3cc(OC)cc(O)c3[C@H]([C@@H]3C(=O)[C@H](c4ccc(O)cc4)Oc4cc(O)cc(O)c43)C2=O)cc1. The van der Waals surface area contributed by atoms with Gasteiger partial charge in [-0.05, 0) is 24.3 Å². The van der Waals surface area contributed by atoms with E-state index in [-0.39, 0.29) is 45.6 Å². The summed E-state index contributed by atoms with van der Waals surface area (Å²) in [5.41, 5.74) is 0.890. The number of hydrogen-bond donors (Lipinski definition) is 4. The first-order valence-corrected chi connectivity index (χ1v) is 13.0. The maximum absolute atomic E-state index is 14.4. The molecule has 0 amide bonds. The summed E-state index contributed by atoms with van der Waals surface area (Å²) in [5.74, 6) is -4.01. The number of rotatable bonds is 5. The molecule has 0 spiro atoms. The summed E-state index contributed by atoms with van der Waals surface area (Å²) >= 11 is 0. The molecule has 10 heteroatoms. The third-order valence-corrected chi connectivity index (χ3v) is 7.62. The van der Waals surface area contributed by atoms with Crippen molar-refractivity contribution in [2.45, 2.75) is 24.0 Å². The lowest BCUT2D eigenvalue weighted by molar-refractivity contribution is -0.137. The van der Waals surface area contributed by atoms with Gasteiger partial charge in [0.1, 0.15) is 46.0 Å². The van der Waals surface area contributed by atoms with Gasteiger partial charge >= 0.3 is 0 Å². The average molecular weight is 571 g/mol. The van der Waals surface area contributed by atoms with Crippen molar-refractivity contribution in [3.63, 3.8) is 0 Å². The van der Waals surface area contributed by atoms with Gasteiger partial charge in [-0.1, -0.05) is 24.3 Å². The highest BCUT2D eigenvalue weighted by molar-refractivity contribution is 6.04. The van der Waals surface area contributed by atoms with Crippen LogP contribution in [-0.4, -0.2) is 46.2 Å². The van der Waals surface area contributed by atoms with E-state index < -0.39 is 41.4 Å². The third kappa shape index (κ3) is 4.37. The van der Waals surface area contributed by atoms with Crippen molar-refractivity contribution in [3.8, 4) is 46.0 Å². The quantitative estimate of drug-likeness (QED) is 0.263. The molecule has 0 radical (unpaired) electrons. The zero-order valence-corrected chi connectivity index (χ0v) is 22.5. The fourth-order valence-corrected chi connectivity index (χ4v) is 5.66. The summed E-state index contributed by atoms with van der Waals surface area (Å²) < 4.78 is 22.7. The predicted octanol–water partition coefficient (Wildman–Crippen LogP) is 4.80. The first-order valence-electron chi connectivity index (χ1n) is 13.0. The Balaban J connectivity index is 1.57. The zero-order chi connectivity index (χ0) is 29.7. The summed E-state index contributed by atoms with van der Waals surface area (Å²) in [4.78, 5) is 28.8. The lowest BCUT2D eigenvalue weighted by Crippen LogP contribution is -2.40. The number of methoxy groups -OCH3 is 2. The molecule has 214 valence electrons. The second-order valence-electron chi connectivity index (χ2n) is 10.1. The standard InChI is InChI=1S/C32H26O10/c1-39-19-9-5-16(6-10-19)32-30(38)28(26-22(36)13-20(40-2)14-24(26)42-32)27-25-21(35)11-18(34)12-23(25)41-31(29(27)37)15-3-7-17(33)8-4-15/h3-14,27-28,31-36H,1-2H3/t27-,28-,31+,32+/m1/s1. The molecule has 4 atom stereocenters. The minimum Gasteiger partial charge on any atom is -0.508 e. The molecule has 0 bridgehead atoms. The molecule has 0 aliphatic carbocycles. The van der Waals surface area contributed by atoms with E-state index >= 15 is 0 Å². The molecular weight excluding hydrogens is 544 g/mol. The highest BCUT2D eigenvalue weighted by atomic mass is 16.5. The van der Waals surface area contributed by atoms with E-state index in [9.17, 15) is 30.0 Å². The average Bonchev–Trinajstić information content (AvgIpc) is 2.98.